The summed E-state index contributed by atoms with van der Waals surface area (Å²) < 4.78 is 30.6. The highest BCUT2D eigenvalue weighted by molar-refractivity contribution is 7.92. The number of anilines is 1. The molecule has 1 amide bonds. The third kappa shape index (κ3) is 3.57. The lowest BCUT2D eigenvalue weighted by Crippen LogP contribution is -2.23. The van der Waals surface area contributed by atoms with Crippen LogP contribution in [0.2, 0.25) is 0 Å². The van der Waals surface area contributed by atoms with Crippen LogP contribution in [0.25, 0.3) is 11.0 Å². The SMILES string of the molecule is CS(=O)(=O)Nc1ccccc1CNC(=O)c1coc2ccccc12. The van der Waals surface area contributed by atoms with Crippen LogP contribution in [0.1, 0.15) is 15.9 Å². The minimum Gasteiger partial charge on any atom is -0.463 e. The molecule has 7 heteroatoms. The molecule has 0 bridgehead atoms. The van der Waals surface area contributed by atoms with Crippen LogP contribution in [0.15, 0.2) is 59.2 Å². The molecule has 6 nitrogen and oxygen atoms in total. The molecule has 0 saturated carbocycles. The van der Waals surface area contributed by atoms with Gasteiger partial charge in [0.2, 0.25) is 10.0 Å². The van der Waals surface area contributed by atoms with Crippen molar-refractivity contribution in [2.24, 2.45) is 0 Å². The summed E-state index contributed by atoms with van der Waals surface area (Å²) in [5.74, 6) is -0.283. The average molecular weight is 344 g/mol. The number of benzene rings is 2. The first kappa shape index (κ1) is 16.1. The Bertz CT molecular complexity index is 993. The number of nitrogens with one attached hydrogen (secondary N) is 2. The van der Waals surface area contributed by atoms with Crippen molar-refractivity contribution in [2.75, 3.05) is 11.0 Å². The maximum Gasteiger partial charge on any atom is 0.255 e. The monoisotopic (exact) mass is 344 g/mol. The molecule has 1 aromatic heterocycles. The predicted octanol–water partition coefficient (Wildman–Crippen LogP) is 2.73. The van der Waals surface area contributed by atoms with Crippen LogP contribution < -0.4 is 10.0 Å². The molecule has 0 aliphatic rings. The average Bonchev–Trinajstić information content (AvgIpc) is 2.96. The number of para-hydroxylation sites is 2. The second-order valence-electron chi connectivity index (χ2n) is 5.36. The van der Waals surface area contributed by atoms with Gasteiger partial charge in [-0.15, -0.1) is 0 Å². The van der Waals surface area contributed by atoms with Crippen molar-refractivity contribution in [2.45, 2.75) is 6.54 Å². The Kier molecular flexibility index (Phi) is 4.26. The molecule has 0 aliphatic carbocycles. The van der Waals surface area contributed by atoms with Crippen LogP contribution in [0.3, 0.4) is 0 Å². The van der Waals surface area contributed by atoms with E-state index in [4.69, 9.17) is 4.42 Å². The fraction of sp³-hybridized carbons (Fsp3) is 0.118. The fourth-order valence-corrected chi connectivity index (χ4v) is 3.00. The van der Waals surface area contributed by atoms with E-state index in [9.17, 15) is 13.2 Å². The highest BCUT2D eigenvalue weighted by Crippen LogP contribution is 2.21. The number of sulfonamides is 1. The van der Waals surface area contributed by atoms with Gasteiger partial charge in [-0.25, -0.2) is 8.42 Å². The van der Waals surface area contributed by atoms with E-state index in [0.717, 1.165) is 11.6 Å². The number of amides is 1. The Labute approximate surface area is 139 Å². The number of rotatable bonds is 5. The van der Waals surface area contributed by atoms with E-state index < -0.39 is 10.0 Å². The number of hydrogen-bond acceptors (Lipinski definition) is 4. The van der Waals surface area contributed by atoms with E-state index in [1.165, 1.54) is 6.26 Å². The normalized spacial score (nSPS) is 11.4. The van der Waals surface area contributed by atoms with E-state index in [1.54, 1.807) is 30.3 Å². The lowest BCUT2D eigenvalue weighted by atomic mass is 10.1. The quantitative estimate of drug-likeness (QED) is 0.745. The number of furan rings is 1. The first-order valence-electron chi connectivity index (χ1n) is 7.24. The van der Waals surface area contributed by atoms with E-state index >= 15 is 0 Å². The number of carbonyl (C=O) groups excluding carboxylic acids is 1. The van der Waals surface area contributed by atoms with Crippen molar-refractivity contribution in [3.63, 3.8) is 0 Å². The van der Waals surface area contributed by atoms with Gasteiger partial charge in [-0.05, 0) is 17.7 Å². The Hall–Kier alpha value is -2.80. The molecule has 0 fully saturated rings. The molecule has 0 radical (unpaired) electrons. The molecule has 2 N–H and O–H groups in total. The third-order valence-electron chi connectivity index (χ3n) is 3.48. The lowest BCUT2D eigenvalue weighted by Gasteiger charge is -2.11. The van der Waals surface area contributed by atoms with Crippen LogP contribution >= 0.6 is 0 Å². The molecule has 0 unspecified atom stereocenters. The zero-order chi connectivity index (χ0) is 17.2. The van der Waals surface area contributed by atoms with Gasteiger partial charge in [-0.3, -0.25) is 9.52 Å². The molecule has 0 aliphatic heterocycles. The summed E-state index contributed by atoms with van der Waals surface area (Å²) in [6.45, 7) is 0.192. The molecule has 3 aromatic rings. The van der Waals surface area contributed by atoms with Gasteiger partial charge in [-0.2, -0.15) is 0 Å². The summed E-state index contributed by atoms with van der Waals surface area (Å²) >= 11 is 0. The Morgan fingerprint density at radius 1 is 1.08 bits per heavy atom. The first-order valence-corrected chi connectivity index (χ1v) is 9.13. The van der Waals surface area contributed by atoms with Crippen LogP contribution in [0.4, 0.5) is 5.69 Å². The van der Waals surface area contributed by atoms with Gasteiger partial charge in [0, 0.05) is 11.9 Å². The first-order chi connectivity index (χ1) is 11.4. The maximum absolute atomic E-state index is 12.4. The van der Waals surface area contributed by atoms with Gasteiger partial charge in [0.25, 0.3) is 5.91 Å². The van der Waals surface area contributed by atoms with E-state index in [0.29, 0.717) is 22.4 Å². The second kappa shape index (κ2) is 6.37. The topological polar surface area (TPSA) is 88.4 Å². The Morgan fingerprint density at radius 3 is 2.58 bits per heavy atom. The third-order valence-corrected chi connectivity index (χ3v) is 4.07. The highest BCUT2D eigenvalue weighted by atomic mass is 32.2. The molecule has 0 spiro atoms. The van der Waals surface area contributed by atoms with Gasteiger partial charge >= 0.3 is 0 Å². The van der Waals surface area contributed by atoms with E-state index in [-0.39, 0.29) is 12.5 Å². The minimum atomic E-state index is -3.39. The summed E-state index contributed by atoms with van der Waals surface area (Å²) in [6.07, 6.45) is 2.50. The predicted molar refractivity (Wildman–Crippen MR) is 92.3 cm³/mol. The number of carbonyl (C=O) groups is 1. The molecule has 0 atom stereocenters. The maximum atomic E-state index is 12.4. The van der Waals surface area contributed by atoms with Crippen LogP contribution in [0, 0.1) is 0 Å². The van der Waals surface area contributed by atoms with Crippen molar-refractivity contribution in [1.29, 1.82) is 0 Å². The summed E-state index contributed by atoms with van der Waals surface area (Å²) in [4.78, 5) is 12.4. The standard InChI is InChI=1S/C17H16N2O4S/c1-24(21,22)19-15-8-4-2-6-12(15)10-18-17(20)14-11-23-16-9-5-3-7-13(14)16/h2-9,11,19H,10H2,1H3,(H,18,20). The van der Waals surface area contributed by atoms with Crippen LogP contribution in [-0.2, 0) is 16.6 Å². The van der Waals surface area contributed by atoms with Crippen molar-refractivity contribution >= 4 is 32.6 Å². The van der Waals surface area contributed by atoms with Crippen LogP contribution in [0.5, 0.6) is 0 Å². The van der Waals surface area contributed by atoms with Crippen molar-refractivity contribution in [3.8, 4) is 0 Å². The molecule has 1 heterocycles. The largest absolute Gasteiger partial charge is 0.463 e. The zero-order valence-corrected chi connectivity index (χ0v) is 13.8. The highest BCUT2D eigenvalue weighted by Gasteiger charge is 2.14. The smallest absolute Gasteiger partial charge is 0.255 e. The molecular weight excluding hydrogens is 328 g/mol. The van der Waals surface area contributed by atoms with Crippen molar-refractivity contribution < 1.29 is 17.6 Å². The van der Waals surface area contributed by atoms with Gasteiger partial charge in [0.15, 0.2) is 0 Å². The Balaban J connectivity index is 1.78. The number of hydrogen-bond donors (Lipinski definition) is 2. The molecule has 2 aromatic carbocycles. The second-order valence-corrected chi connectivity index (χ2v) is 7.11. The van der Waals surface area contributed by atoms with Gasteiger partial charge in [-0.1, -0.05) is 36.4 Å². The van der Waals surface area contributed by atoms with Crippen molar-refractivity contribution in [3.05, 3.63) is 65.9 Å². The summed E-state index contributed by atoms with van der Waals surface area (Å²) in [6, 6.07) is 14.2. The molecular formula is C17H16N2O4S. The fourth-order valence-electron chi connectivity index (χ4n) is 2.40. The lowest BCUT2D eigenvalue weighted by molar-refractivity contribution is 0.0952. The molecule has 0 saturated heterocycles. The summed E-state index contributed by atoms with van der Waals surface area (Å²) in [7, 11) is -3.39. The number of fused-ring (bicyclic) bond motifs is 1. The summed E-state index contributed by atoms with van der Waals surface area (Å²) in [5, 5.41) is 3.52. The van der Waals surface area contributed by atoms with Gasteiger partial charge in [0.1, 0.15) is 11.8 Å². The van der Waals surface area contributed by atoms with Crippen LogP contribution in [-0.4, -0.2) is 20.6 Å². The van der Waals surface area contributed by atoms with Gasteiger partial charge in [0.05, 0.1) is 17.5 Å². The van der Waals surface area contributed by atoms with E-state index in [2.05, 4.69) is 10.0 Å². The minimum absolute atomic E-state index is 0.192. The molecule has 124 valence electrons. The molecule has 24 heavy (non-hydrogen) atoms. The zero-order valence-electron chi connectivity index (χ0n) is 12.9. The Morgan fingerprint density at radius 2 is 1.79 bits per heavy atom. The van der Waals surface area contributed by atoms with Crippen molar-refractivity contribution in [1.82, 2.24) is 5.32 Å². The van der Waals surface area contributed by atoms with E-state index in [1.807, 2.05) is 18.2 Å². The summed E-state index contributed by atoms with van der Waals surface area (Å²) in [5.41, 5.74) is 2.20. The van der Waals surface area contributed by atoms with Gasteiger partial charge < -0.3 is 9.73 Å². The molecule has 3 rings (SSSR count).